The molecule has 1 fully saturated rings. The van der Waals surface area contributed by atoms with Gasteiger partial charge in [0, 0.05) is 31.1 Å². The Morgan fingerprint density at radius 2 is 1.92 bits per heavy atom. The Bertz CT molecular complexity index is 772. The lowest BCUT2D eigenvalue weighted by molar-refractivity contribution is -0.117. The monoisotopic (exact) mass is 336 g/mol. The normalized spacial score (nSPS) is 23.8. The van der Waals surface area contributed by atoms with E-state index in [1.165, 1.54) is 11.1 Å². The van der Waals surface area contributed by atoms with E-state index in [9.17, 15) is 9.90 Å². The van der Waals surface area contributed by atoms with Gasteiger partial charge in [-0.3, -0.25) is 4.79 Å². The predicted molar refractivity (Wildman–Crippen MR) is 98.5 cm³/mol. The molecule has 4 heteroatoms. The molecule has 0 saturated carbocycles. The number of aliphatic hydroxyl groups is 1. The van der Waals surface area contributed by atoms with E-state index in [-0.39, 0.29) is 24.1 Å². The predicted octanol–water partition coefficient (Wildman–Crippen LogP) is 3.12. The van der Waals surface area contributed by atoms with Gasteiger partial charge in [-0.1, -0.05) is 36.4 Å². The zero-order chi connectivity index (χ0) is 17.4. The van der Waals surface area contributed by atoms with Crippen molar-refractivity contribution in [3.05, 3.63) is 65.2 Å². The molecule has 0 spiro atoms. The van der Waals surface area contributed by atoms with Crippen LogP contribution in [0.15, 0.2) is 48.5 Å². The Balaban J connectivity index is 1.48. The molecule has 3 atom stereocenters. The highest BCUT2D eigenvalue weighted by Gasteiger charge is 2.31. The van der Waals surface area contributed by atoms with Crippen molar-refractivity contribution in [2.45, 2.75) is 44.4 Å². The van der Waals surface area contributed by atoms with E-state index in [0.29, 0.717) is 12.8 Å². The molecule has 25 heavy (non-hydrogen) atoms. The van der Waals surface area contributed by atoms with Crippen LogP contribution in [0.2, 0.25) is 0 Å². The van der Waals surface area contributed by atoms with E-state index in [2.05, 4.69) is 36.5 Å². The lowest BCUT2D eigenvalue weighted by Gasteiger charge is -2.24. The van der Waals surface area contributed by atoms with Crippen molar-refractivity contribution < 1.29 is 9.90 Å². The molecule has 2 aromatic rings. The van der Waals surface area contributed by atoms with Crippen LogP contribution in [0.4, 0.5) is 5.69 Å². The van der Waals surface area contributed by atoms with Crippen LogP contribution in [0.25, 0.3) is 0 Å². The molecule has 0 bridgehead atoms. The number of hydrogen-bond donors (Lipinski definition) is 2. The molecular weight excluding hydrogens is 312 g/mol. The van der Waals surface area contributed by atoms with Gasteiger partial charge in [-0.15, -0.1) is 0 Å². The average Bonchev–Trinajstić information content (AvgIpc) is 3.19. The fraction of sp³-hybridized carbons (Fsp3) is 0.381. The highest BCUT2D eigenvalue weighted by atomic mass is 16.3. The van der Waals surface area contributed by atoms with Gasteiger partial charge in [0.15, 0.2) is 0 Å². The molecule has 1 heterocycles. The number of carbonyl (C=O) groups is 1. The molecule has 1 aliphatic heterocycles. The Morgan fingerprint density at radius 1 is 1.16 bits per heavy atom. The van der Waals surface area contributed by atoms with Gasteiger partial charge in [-0.2, -0.15) is 0 Å². The Morgan fingerprint density at radius 3 is 2.64 bits per heavy atom. The lowest BCUT2D eigenvalue weighted by atomic mass is 10.0. The molecule has 1 saturated heterocycles. The fourth-order valence-corrected chi connectivity index (χ4v) is 4.00. The van der Waals surface area contributed by atoms with Crippen molar-refractivity contribution >= 4 is 11.6 Å². The highest BCUT2D eigenvalue weighted by Crippen LogP contribution is 2.33. The topological polar surface area (TPSA) is 52.6 Å². The lowest BCUT2D eigenvalue weighted by Crippen LogP contribution is -2.31. The highest BCUT2D eigenvalue weighted by molar-refractivity contribution is 5.95. The van der Waals surface area contributed by atoms with E-state index >= 15 is 0 Å². The second-order valence-corrected chi connectivity index (χ2v) is 7.08. The molecule has 0 radical (unpaired) electrons. The second kappa shape index (κ2) is 6.62. The van der Waals surface area contributed by atoms with Crippen LogP contribution >= 0.6 is 0 Å². The second-order valence-electron chi connectivity index (χ2n) is 7.08. The van der Waals surface area contributed by atoms with Crippen LogP contribution in [-0.4, -0.2) is 23.7 Å². The first-order valence-electron chi connectivity index (χ1n) is 9.06. The molecular formula is C21H24N2O2. The largest absolute Gasteiger partial charge is 0.391 e. The third-order valence-corrected chi connectivity index (χ3v) is 5.41. The van der Waals surface area contributed by atoms with Gasteiger partial charge in [-0.05, 0) is 42.2 Å². The van der Waals surface area contributed by atoms with Crippen LogP contribution in [0.5, 0.6) is 0 Å². The number of carbonyl (C=O) groups excluding carboxylic acids is 1. The summed E-state index contributed by atoms with van der Waals surface area (Å²) in [6, 6.07) is 16.5. The number of fused-ring (bicyclic) bond motifs is 1. The van der Waals surface area contributed by atoms with E-state index in [1.807, 2.05) is 29.2 Å². The van der Waals surface area contributed by atoms with Gasteiger partial charge >= 0.3 is 0 Å². The molecule has 0 aromatic heterocycles. The van der Waals surface area contributed by atoms with Gasteiger partial charge in [0.2, 0.25) is 5.91 Å². The summed E-state index contributed by atoms with van der Waals surface area (Å²) in [7, 11) is 0. The van der Waals surface area contributed by atoms with Gasteiger partial charge in [0.25, 0.3) is 0 Å². The van der Waals surface area contributed by atoms with Crippen molar-refractivity contribution in [1.29, 1.82) is 0 Å². The maximum atomic E-state index is 11.9. The molecule has 1 amide bonds. The van der Waals surface area contributed by atoms with Gasteiger partial charge in [-0.25, -0.2) is 0 Å². The van der Waals surface area contributed by atoms with Crippen molar-refractivity contribution in [3.8, 4) is 0 Å². The first-order valence-corrected chi connectivity index (χ1v) is 9.06. The molecule has 4 nitrogen and oxygen atoms in total. The van der Waals surface area contributed by atoms with Crippen LogP contribution in [-0.2, 0) is 11.2 Å². The summed E-state index contributed by atoms with van der Waals surface area (Å²) in [6.07, 6.45) is 1.91. The molecule has 3 unspecified atom stereocenters. The summed E-state index contributed by atoms with van der Waals surface area (Å²) < 4.78 is 0. The van der Waals surface area contributed by atoms with E-state index in [0.717, 1.165) is 24.2 Å². The minimum Gasteiger partial charge on any atom is -0.391 e. The molecule has 2 aromatic carbocycles. The van der Waals surface area contributed by atoms with Crippen molar-refractivity contribution in [2.75, 3.05) is 11.4 Å². The number of aliphatic hydroxyl groups excluding tert-OH is 1. The first-order chi connectivity index (χ1) is 12.1. The van der Waals surface area contributed by atoms with Crippen molar-refractivity contribution in [2.24, 2.45) is 0 Å². The van der Waals surface area contributed by atoms with Gasteiger partial charge in [0.05, 0.1) is 12.1 Å². The molecule has 4 rings (SSSR count). The third kappa shape index (κ3) is 3.08. The Hall–Kier alpha value is -2.17. The molecule has 2 N–H and O–H groups in total. The number of nitrogens with zero attached hydrogens (tertiary/aromatic N) is 1. The number of amides is 1. The summed E-state index contributed by atoms with van der Waals surface area (Å²) >= 11 is 0. The summed E-state index contributed by atoms with van der Waals surface area (Å²) in [6.45, 7) is 2.93. The number of benzene rings is 2. The summed E-state index contributed by atoms with van der Waals surface area (Å²) in [4.78, 5) is 13.7. The number of anilines is 1. The zero-order valence-corrected chi connectivity index (χ0v) is 14.5. The van der Waals surface area contributed by atoms with E-state index in [1.54, 1.807) is 0 Å². The SMILES string of the molecule is CC(NC1c2ccccc2CC1O)c1ccc(N2CCCC2=O)cc1. The zero-order valence-electron chi connectivity index (χ0n) is 14.5. The number of nitrogens with one attached hydrogen (secondary N) is 1. The third-order valence-electron chi connectivity index (χ3n) is 5.41. The molecule has 1 aliphatic carbocycles. The number of hydrogen-bond acceptors (Lipinski definition) is 3. The van der Waals surface area contributed by atoms with Crippen LogP contribution < -0.4 is 10.2 Å². The fourth-order valence-electron chi connectivity index (χ4n) is 4.00. The van der Waals surface area contributed by atoms with Crippen LogP contribution in [0.1, 0.15) is 48.5 Å². The summed E-state index contributed by atoms with van der Waals surface area (Å²) in [5.41, 5.74) is 4.56. The van der Waals surface area contributed by atoms with Crippen molar-refractivity contribution in [3.63, 3.8) is 0 Å². The Labute approximate surface area is 148 Å². The van der Waals surface area contributed by atoms with Gasteiger partial charge in [0.1, 0.15) is 0 Å². The van der Waals surface area contributed by atoms with E-state index in [4.69, 9.17) is 0 Å². The van der Waals surface area contributed by atoms with Gasteiger partial charge < -0.3 is 15.3 Å². The van der Waals surface area contributed by atoms with Crippen LogP contribution in [0.3, 0.4) is 0 Å². The maximum absolute atomic E-state index is 11.9. The summed E-state index contributed by atoms with van der Waals surface area (Å²) in [5.74, 6) is 0.213. The summed E-state index contributed by atoms with van der Waals surface area (Å²) in [5, 5.41) is 14.0. The average molecular weight is 336 g/mol. The maximum Gasteiger partial charge on any atom is 0.227 e. The minimum absolute atomic E-state index is 0.0361. The van der Waals surface area contributed by atoms with Crippen molar-refractivity contribution in [1.82, 2.24) is 5.32 Å². The smallest absolute Gasteiger partial charge is 0.227 e. The molecule has 130 valence electrons. The minimum atomic E-state index is -0.388. The van der Waals surface area contributed by atoms with Crippen LogP contribution in [0, 0.1) is 0 Å². The quantitative estimate of drug-likeness (QED) is 0.902. The first kappa shape index (κ1) is 16.3. The molecule has 2 aliphatic rings. The van der Waals surface area contributed by atoms with E-state index < -0.39 is 0 Å². The number of rotatable bonds is 4. The Kier molecular flexibility index (Phi) is 4.32. The standard InChI is InChI=1S/C21H24N2O2/c1-14(22-21-18-6-3-2-5-16(18)13-19(21)24)15-8-10-17(11-9-15)23-12-4-7-20(23)25/h2-3,5-6,8-11,14,19,21-22,24H,4,7,12-13H2,1H3.